The SMILES string of the molecule is CCOC(=O)C1=CN(C(=O)c2ccc(C(=O)OC)c([N+](=O)[O-])c2)CCc2c1[nH]c1ccccc21. The minimum absolute atomic E-state index is 0.00534. The molecule has 0 saturated heterocycles. The Morgan fingerprint density at radius 3 is 2.62 bits per heavy atom. The van der Waals surface area contributed by atoms with E-state index in [0.29, 0.717) is 12.1 Å². The number of ether oxygens (including phenoxy) is 2. The van der Waals surface area contributed by atoms with Crippen LogP contribution in [0.3, 0.4) is 0 Å². The van der Waals surface area contributed by atoms with Crippen LogP contribution in [0.2, 0.25) is 0 Å². The molecule has 10 nitrogen and oxygen atoms in total. The molecule has 1 amide bonds. The summed E-state index contributed by atoms with van der Waals surface area (Å²) in [4.78, 5) is 53.3. The molecule has 2 aromatic carbocycles. The van der Waals surface area contributed by atoms with Gasteiger partial charge in [-0.05, 0) is 37.1 Å². The van der Waals surface area contributed by atoms with Gasteiger partial charge < -0.3 is 19.4 Å². The maximum atomic E-state index is 13.3. The molecule has 0 bridgehead atoms. The number of nitrogens with zero attached hydrogens (tertiary/aromatic N) is 2. The molecule has 1 aliphatic heterocycles. The number of nitro groups is 1. The van der Waals surface area contributed by atoms with Crippen molar-refractivity contribution >= 4 is 40.0 Å². The van der Waals surface area contributed by atoms with Gasteiger partial charge in [-0.3, -0.25) is 14.9 Å². The summed E-state index contributed by atoms with van der Waals surface area (Å²) in [6.07, 6.45) is 1.84. The third-order valence-electron chi connectivity index (χ3n) is 5.57. The van der Waals surface area contributed by atoms with Crippen molar-refractivity contribution < 1.29 is 28.8 Å². The molecule has 1 aromatic heterocycles. The fourth-order valence-corrected chi connectivity index (χ4v) is 3.99. The average molecular weight is 463 g/mol. The molecular formula is C24H21N3O7. The number of H-pyrrole nitrogens is 1. The van der Waals surface area contributed by atoms with E-state index in [1.807, 2.05) is 24.3 Å². The van der Waals surface area contributed by atoms with Gasteiger partial charge in [-0.15, -0.1) is 0 Å². The van der Waals surface area contributed by atoms with Crippen LogP contribution < -0.4 is 0 Å². The third-order valence-corrected chi connectivity index (χ3v) is 5.57. The van der Waals surface area contributed by atoms with Crippen molar-refractivity contribution in [2.24, 2.45) is 0 Å². The number of rotatable bonds is 5. The zero-order valence-electron chi connectivity index (χ0n) is 18.5. The lowest BCUT2D eigenvalue weighted by Gasteiger charge is -2.18. The molecule has 2 heterocycles. The number of hydrogen-bond acceptors (Lipinski definition) is 7. The van der Waals surface area contributed by atoms with E-state index in [2.05, 4.69) is 9.72 Å². The van der Waals surface area contributed by atoms with Gasteiger partial charge in [0.1, 0.15) is 5.56 Å². The number of benzene rings is 2. The maximum Gasteiger partial charge on any atom is 0.344 e. The lowest BCUT2D eigenvalue weighted by molar-refractivity contribution is -0.385. The van der Waals surface area contributed by atoms with E-state index in [4.69, 9.17) is 4.74 Å². The number of aromatic nitrogens is 1. The number of carbonyl (C=O) groups is 3. The molecule has 1 N–H and O–H groups in total. The number of amides is 1. The quantitative estimate of drug-likeness (QED) is 0.348. The lowest BCUT2D eigenvalue weighted by atomic mass is 10.0. The third kappa shape index (κ3) is 4.01. The van der Waals surface area contributed by atoms with Crippen molar-refractivity contribution in [1.29, 1.82) is 0 Å². The van der Waals surface area contributed by atoms with Crippen LogP contribution in [0.25, 0.3) is 16.5 Å². The van der Waals surface area contributed by atoms with E-state index in [-0.39, 0.29) is 29.9 Å². The van der Waals surface area contributed by atoms with Crippen LogP contribution in [-0.4, -0.2) is 52.9 Å². The summed E-state index contributed by atoms with van der Waals surface area (Å²) in [7, 11) is 1.11. The fourth-order valence-electron chi connectivity index (χ4n) is 3.99. The number of nitrogens with one attached hydrogen (secondary N) is 1. The molecule has 0 unspecified atom stereocenters. The maximum absolute atomic E-state index is 13.3. The van der Waals surface area contributed by atoms with Crippen LogP contribution in [0.15, 0.2) is 48.7 Å². The fraction of sp³-hybridized carbons (Fsp3) is 0.208. The minimum Gasteiger partial charge on any atom is -0.465 e. The summed E-state index contributed by atoms with van der Waals surface area (Å²) in [5, 5.41) is 12.4. The Kier molecular flexibility index (Phi) is 6.13. The first-order chi connectivity index (χ1) is 16.3. The highest BCUT2D eigenvalue weighted by Crippen LogP contribution is 2.32. The number of esters is 2. The van der Waals surface area contributed by atoms with Crippen molar-refractivity contribution in [2.75, 3.05) is 20.3 Å². The first-order valence-corrected chi connectivity index (χ1v) is 10.5. The summed E-state index contributed by atoms with van der Waals surface area (Å²) in [5.74, 6) is -2.03. The van der Waals surface area contributed by atoms with Gasteiger partial charge in [0.15, 0.2) is 0 Å². The highest BCUT2D eigenvalue weighted by molar-refractivity contribution is 6.18. The first-order valence-electron chi connectivity index (χ1n) is 10.5. The number of hydrogen-bond donors (Lipinski definition) is 1. The van der Waals surface area contributed by atoms with Crippen molar-refractivity contribution in [3.8, 4) is 0 Å². The van der Waals surface area contributed by atoms with Crippen LogP contribution in [0.4, 0.5) is 5.69 Å². The highest BCUT2D eigenvalue weighted by Gasteiger charge is 2.29. The molecule has 0 radical (unpaired) electrons. The van der Waals surface area contributed by atoms with Crippen LogP contribution in [0, 0.1) is 10.1 Å². The van der Waals surface area contributed by atoms with Gasteiger partial charge in [-0.1, -0.05) is 18.2 Å². The Balaban J connectivity index is 1.77. The van der Waals surface area contributed by atoms with Gasteiger partial charge in [0, 0.05) is 35.3 Å². The van der Waals surface area contributed by atoms with Crippen LogP contribution in [-0.2, 0) is 20.7 Å². The number of aromatic amines is 1. The van der Waals surface area contributed by atoms with E-state index in [0.717, 1.165) is 29.6 Å². The van der Waals surface area contributed by atoms with E-state index in [1.165, 1.54) is 23.2 Å². The number of methoxy groups -OCH3 is 1. The van der Waals surface area contributed by atoms with E-state index in [1.54, 1.807) is 6.92 Å². The summed E-state index contributed by atoms with van der Waals surface area (Å²) >= 11 is 0. The second kappa shape index (κ2) is 9.18. The van der Waals surface area contributed by atoms with Gasteiger partial charge in [0.25, 0.3) is 11.6 Å². The van der Waals surface area contributed by atoms with Crippen LogP contribution >= 0.6 is 0 Å². The molecular weight excluding hydrogens is 442 g/mol. The van der Waals surface area contributed by atoms with E-state index >= 15 is 0 Å². The summed E-state index contributed by atoms with van der Waals surface area (Å²) < 4.78 is 9.81. The smallest absolute Gasteiger partial charge is 0.344 e. The Morgan fingerprint density at radius 1 is 1.15 bits per heavy atom. The summed E-state index contributed by atoms with van der Waals surface area (Å²) in [5.41, 5.74) is 1.67. The molecule has 0 fully saturated rings. The van der Waals surface area contributed by atoms with E-state index < -0.39 is 28.5 Å². The second-order valence-corrected chi connectivity index (χ2v) is 7.52. The molecule has 34 heavy (non-hydrogen) atoms. The standard InChI is InChI=1S/C24H21N3O7/c1-3-34-24(30)18-13-26(11-10-16-15-6-4-5-7-19(15)25-21(16)18)22(28)14-8-9-17(23(29)33-2)20(12-14)27(31)32/h4-9,12-13,25H,3,10-11H2,1-2H3. The van der Waals surface area contributed by atoms with Crippen molar-refractivity contribution in [2.45, 2.75) is 13.3 Å². The zero-order valence-corrected chi connectivity index (χ0v) is 18.5. The molecule has 0 aliphatic carbocycles. The lowest BCUT2D eigenvalue weighted by Crippen LogP contribution is -2.28. The number of nitro benzene ring substituents is 1. The van der Waals surface area contributed by atoms with Crippen molar-refractivity contribution in [3.05, 3.63) is 81.2 Å². The Morgan fingerprint density at radius 2 is 1.91 bits per heavy atom. The zero-order chi connectivity index (χ0) is 24.4. The van der Waals surface area contributed by atoms with Gasteiger partial charge in [0.05, 0.1) is 29.9 Å². The predicted molar refractivity (Wildman–Crippen MR) is 122 cm³/mol. The largest absolute Gasteiger partial charge is 0.465 e. The Bertz CT molecular complexity index is 1360. The van der Waals surface area contributed by atoms with Gasteiger partial charge in [0.2, 0.25) is 0 Å². The Labute approximate surface area is 193 Å². The number of para-hydroxylation sites is 1. The number of fused-ring (bicyclic) bond motifs is 3. The highest BCUT2D eigenvalue weighted by atomic mass is 16.6. The van der Waals surface area contributed by atoms with Gasteiger partial charge in [-0.2, -0.15) is 0 Å². The van der Waals surface area contributed by atoms with Crippen molar-refractivity contribution in [1.82, 2.24) is 9.88 Å². The first kappa shape index (κ1) is 22.7. The summed E-state index contributed by atoms with van der Waals surface area (Å²) in [6.45, 7) is 2.07. The second-order valence-electron chi connectivity index (χ2n) is 7.52. The monoisotopic (exact) mass is 463 g/mol. The predicted octanol–water partition coefficient (Wildman–Crippen LogP) is 3.47. The molecule has 10 heteroatoms. The van der Waals surface area contributed by atoms with Gasteiger partial charge in [-0.25, -0.2) is 9.59 Å². The molecule has 1 aliphatic rings. The van der Waals surface area contributed by atoms with Crippen LogP contribution in [0.1, 0.15) is 38.9 Å². The minimum atomic E-state index is -0.879. The van der Waals surface area contributed by atoms with Crippen molar-refractivity contribution in [3.63, 3.8) is 0 Å². The molecule has 0 spiro atoms. The topological polar surface area (TPSA) is 132 Å². The molecule has 174 valence electrons. The molecule has 0 atom stereocenters. The molecule has 4 rings (SSSR count). The molecule has 0 saturated carbocycles. The normalized spacial score (nSPS) is 13.0. The summed E-state index contributed by atoms with van der Waals surface area (Å²) in [6, 6.07) is 11.1. The number of carbonyl (C=O) groups excluding carboxylic acids is 3. The van der Waals surface area contributed by atoms with Crippen LogP contribution in [0.5, 0.6) is 0 Å². The van der Waals surface area contributed by atoms with E-state index in [9.17, 15) is 24.5 Å². The molecule has 3 aromatic rings. The Hall–Kier alpha value is -4.47. The van der Waals surface area contributed by atoms with Gasteiger partial charge >= 0.3 is 11.9 Å². The average Bonchev–Trinajstić information content (AvgIpc) is 3.10.